The summed E-state index contributed by atoms with van der Waals surface area (Å²) in [7, 11) is 1.64. The number of likely N-dealkylation sites (tertiary alicyclic amines) is 1. The van der Waals surface area contributed by atoms with Gasteiger partial charge >= 0.3 is 0 Å². The average molecular weight is 425 g/mol. The lowest BCUT2D eigenvalue weighted by Crippen LogP contribution is -2.38. The minimum Gasteiger partial charge on any atom is -0.375 e. The average Bonchev–Trinajstić information content (AvgIpc) is 3.23. The molecule has 1 aromatic carbocycles. The number of aromatic nitrogens is 4. The fourth-order valence-corrected chi connectivity index (χ4v) is 3.79. The molecule has 0 saturated carbocycles. The number of pyridine rings is 1. The van der Waals surface area contributed by atoms with Gasteiger partial charge in [-0.05, 0) is 26.1 Å². The molecule has 8 nitrogen and oxygen atoms in total. The second-order valence-electron chi connectivity index (χ2n) is 7.86. The summed E-state index contributed by atoms with van der Waals surface area (Å²) in [6.45, 7) is 8.83. The monoisotopic (exact) mass is 425 g/mol. The van der Waals surface area contributed by atoms with E-state index in [2.05, 4.69) is 25.3 Å². The molecule has 3 aromatic rings. The molecule has 0 radical (unpaired) electrons. The van der Waals surface area contributed by atoms with E-state index in [9.17, 15) is 13.6 Å². The Balaban J connectivity index is 1.71. The third-order valence-corrected chi connectivity index (χ3v) is 5.22. The van der Waals surface area contributed by atoms with E-state index in [0.717, 1.165) is 0 Å². The Morgan fingerprint density at radius 1 is 1.39 bits per heavy atom. The number of hydrogen-bond acceptors (Lipinski definition) is 6. The van der Waals surface area contributed by atoms with E-state index in [-0.39, 0.29) is 31.8 Å². The van der Waals surface area contributed by atoms with Crippen molar-refractivity contribution >= 4 is 28.1 Å². The number of likely N-dealkylation sites (N-methyl/N-ethyl adjacent to an activating group) is 1. The lowest BCUT2D eigenvalue weighted by Gasteiger charge is -2.23. The summed E-state index contributed by atoms with van der Waals surface area (Å²) in [6.07, 6.45) is 3.06. The number of rotatable bonds is 6. The number of fused-ring (bicyclic) bond motifs is 1. The number of halogens is 2. The van der Waals surface area contributed by atoms with Gasteiger partial charge in [0.1, 0.15) is 12.6 Å². The number of carbonyl (C=O) groups is 1. The fourth-order valence-electron chi connectivity index (χ4n) is 3.79. The Hall–Kier alpha value is -3.45. The molecular weight excluding hydrogens is 404 g/mol. The van der Waals surface area contributed by atoms with Gasteiger partial charge in [-0.15, -0.1) is 0 Å². The first-order chi connectivity index (χ1) is 14.7. The van der Waals surface area contributed by atoms with Crippen molar-refractivity contribution in [3.63, 3.8) is 0 Å². The fraction of sp³-hybridized carbons (Fsp3) is 0.381. The van der Waals surface area contributed by atoms with Gasteiger partial charge in [0.15, 0.2) is 11.5 Å². The number of Topliss-reactive ketones (excluding diaryl/α,β-unsaturated/α-hetero) is 1. The molecule has 1 aliphatic heterocycles. The summed E-state index contributed by atoms with van der Waals surface area (Å²) in [5, 5.41) is 11.6. The van der Waals surface area contributed by atoms with E-state index in [1.54, 1.807) is 43.3 Å². The third-order valence-electron chi connectivity index (χ3n) is 5.22. The van der Waals surface area contributed by atoms with Crippen LogP contribution in [-0.2, 0) is 17.8 Å². The van der Waals surface area contributed by atoms with Gasteiger partial charge in [-0.2, -0.15) is 15.0 Å². The summed E-state index contributed by atoms with van der Waals surface area (Å²) in [6, 6.07) is 3.79. The molecule has 1 atom stereocenters. The van der Waals surface area contributed by atoms with Crippen LogP contribution in [0.15, 0.2) is 30.6 Å². The number of nitrogens with one attached hydrogen (secondary N) is 1. The molecule has 0 bridgehead atoms. The number of aryl methyl sites for hydroxylation is 1. The quantitative estimate of drug-likeness (QED) is 0.612. The lowest BCUT2D eigenvalue weighted by molar-refractivity contribution is -0.119. The highest BCUT2D eigenvalue weighted by Crippen LogP contribution is 2.35. The zero-order chi connectivity index (χ0) is 22.2. The molecule has 1 saturated heterocycles. The molecule has 1 fully saturated rings. The largest absolute Gasteiger partial charge is 0.375 e. The molecule has 1 N–H and O–H groups in total. The molecule has 0 amide bonds. The molecule has 4 rings (SSSR count). The highest BCUT2D eigenvalue weighted by atomic mass is 19.3. The number of nitrogens with zero attached hydrogens (tertiary/aromatic N) is 6. The smallest absolute Gasteiger partial charge is 0.281 e. The maximum absolute atomic E-state index is 14.5. The van der Waals surface area contributed by atoms with Gasteiger partial charge in [0, 0.05) is 35.8 Å². The molecule has 31 heavy (non-hydrogen) atoms. The van der Waals surface area contributed by atoms with E-state index in [1.165, 1.54) is 11.0 Å². The summed E-state index contributed by atoms with van der Waals surface area (Å²) < 4.78 is 29.0. The zero-order valence-electron chi connectivity index (χ0n) is 17.1. The maximum atomic E-state index is 14.5. The zero-order valence-corrected chi connectivity index (χ0v) is 17.1. The van der Waals surface area contributed by atoms with E-state index in [1.807, 2.05) is 0 Å². The molecule has 160 valence electrons. The van der Waals surface area contributed by atoms with Crippen LogP contribution in [-0.4, -0.2) is 62.8 Å². The molecule has 0 spiro atoms. The van der Waals surface area contributed by atoms with Crippen molar-refractivity contribution in [2.45, 2.75) is 31.9 Å². The van der Waals surface area contributed by atoms with Crippen LogP contribution in [0.4, 0.5) is 20.2 Å². The van der Waals surface area contributed by atoms with Crippen molar-refractivity contribution in [2.75, 3.05) is 25.5 Å². The molecule has 3 heterocycles. The minimum absolute atomic E-state index is 0.0256. The first-order valence-electron chi connectivity index (χ1n) is 9.75. The highest BCUT2D eigenvalue weighted by Gasteiger charge is 2.47. The number of benzene rings is 1. The van der Waals surface area contributed by atoms with E-state index in [0.29, 0.717) is 33.5 Å². The van der Waals surface area contributed by atoms with Crippen LogP contribution >= 0.6 is 0 Å². The number of carbonyl (C=O) groups excluding carboxylic acids is 1. The Morgan fingerprint density at radius 3 is 2.84 bits per heavy atom. The molecular formula is C21H21F2N7O. The Kier molecular flexibility index (Phi) is 5.37. The van der Waals surface area contributed by atoms with Crippen LogP contribution < -0.4 is 5.32 Å². The van der Waals surface area contributed by atoms with Gasteiger partial charge in [-0.25, -0.2) is 13.6 Å². The number of anilines is 1. The number of alkyl halides is 2. The van der Waals surface area contributed by atoms with Crippen molar-refractivity contribution in [1.29, 1.82) is 0 Å². The van der Waals surface area contributed by atoms with Crippen LogP contribution in [0.1, 0.15) is 11.3 Å². The van der Waals surface area contributed by atoms with Crippen molar-refractivity contribution in [3.8, 4) is 0 Å². The van der Waals surface area contributed by atoms with Crippen LogP contribution in [0, 0.1) is 13.5 Å². The third kappa shape index (κ3) is 4.36. The van der Waals surface area contributed by atoms with Gasteiger partial charge < -0.3 is 5.32 Å². The van der Waals surface area contributed by atoms with Gasteiger partial charge in [-0.1, -0.05) is 6.07 Å². The second kappa shape index (κ2) is 8.00. The lowest BCUT2D eigenvalue weighted by atomic mass is 10.0. The van der Waals surface area contributed by atoms with E-state index >= 15 is 0 Å². The maximum Gasteiger partial charge on any atom is 0.281 e. The molecule has 10 heteroatoms. The second-order valence-corrected chi connectivity index (χ2v) is 7.86. The molecule has 0 aliphatic carbocycles. The Bertz CT molecular complexity index is 1180. The van der Waals surface area contributed by atoms with Crippen LogP contribution in [0.3, 0.4) is 0 Å². The van der Waals surface area contributed by atoms with Gasteiger partial charge in [-0.3, -0.25) is 14.7 Å². The van der Waals surface area contributed by atoms with Gasteiger partial charge in [0.05, 0.1) is 30.5 Å². The van der Waals surface area contributed by atoms with Gasteiger partial charge in [0.25, 0.3) is 5.92 Å². The molecule has 2 aromatic heterocycles. The first kappa shape index (κ1) is 20.8. The van der Waals surface area contributed by atoms with Crippen molar-refractivity contribution < 1.29 is 13.6 Å². The minimum atomic E-state index is -2.93. The Labute approximate surface area is 177 Å². The van der Waals surface area contributed by atoms with Crippen molar-refractivity contribution in [1.82, 2.24) is 24.9 Å². The normalized spacial score (nSPS) is 18.2. The van der Waals surface area contributed by atoms with Crippen LogP contribution in [0.2, 0.25) is 0 Å². The summed E-state index contributed by atoms with van der Waals surface area (Å²) in [5.74, 6) is -3.11. The van der Waals surface area contributed by atoms with E-state index in [4.69, 9.17) is 6.57 Å². The van der Waals surface area contributed by atoms with Gasteiger partial charge in [0.2, 0.25) is 0 Å². The number of hydrogen-bond donors (Lipinski definition) is 1. The first-order valence-corrected chi connectivity index (χ1v) is 9.75. The summed E-state index contributed by atoms with van der Waals surface area (Å²) in [4.78, 5) is 23.3. The summed E-state index contributed by atoms with van der Waals surface area (Å²) >= 11 is 0. The highest BCUT2D eigenvalue weighted by molar-refractivity contribution is 5.97. The summed E-state index contributed by atoms with van der Waals surface area (Å²) in [5.41, 5.74) is 2.53. The Morgan fingerprint density at radius 2 is 2.19 bits per heavy atom. The number of ketones is 1. The van der Waals surface area contributed by atoms with Crippen LogP contribution in [0.5, 0.6) is 0 Å². The predicted octanol–water partition coefficient (Wildman–Crippen LogP) is 2.86. The standard InChI is InChI=1S/C21H21F2N7O/c1-13-8-26-30(28-13)10-16(31)6-14-9-25-18-5-4-15(24-2)7-17(18)20(14)27-19-11-29(3)12-21(19,22)23/h4-5,7-9,19H,6,10-12H2,1,3H3,(H,25,27). The van der Waals surface area contributed by atoms with Crippen molar-refractivity contribution in [3.05, 3.63) is 53.3 Å². The molecule has 1 unspecified atom stereocenters. The topological polar surface area (TPSA) is 80.3 Å². The molecule has 1 aliphatic rings. The van der Waals surface area contributed by atoms with Crippen LogP contribution in [0.25, 0.3) is 15.7 Å². The predicted molar refractivity (Wildman–Crippen MR) is 111 cm³/mol. The van der Waals surface area contributed by atoms with Crippen molar-refractivity contribution in [2.24, 2.45) is 0 Å². The van der Waals surface area contributed by atoms with E-state index < -0.39 is 12.0 Å². The SMILES string of the molecule is [C-]#[N+]c1ccc2ncc(CC(=O)Cn3ncc(C)n3)c(NC3CN(C)CC3(F)F)c2c1.